The van der Waals surface area contributed by atoms with Crippen molar-refractivity contribution >= 4 is 5.91 Å². The highest BCUT2D eigenvalue weighted by molar-refractivity contribution is 5.84. The maximum Gasteiger partial charge on any atom is 0.251 e. The van der Waals surface area contributed by atoms with Crippen LogP contribution < -0.4 is 5.32 Å². The van der Waals surface area contributed by atoms with Crippen molar-refractivity contribution in [3.05, 3.63) is 0 Å². The predicted octanol–water partition coefficient (Wildman–Crippen LogP) is 2.11. The van der Waals surface area contributed by atoms with Crippen LogP contribution in [0.15, 0.2) is 0 Å². The van der Waals surface area contributed by atoms with Gasteiger partial charge in [-0.2, -0.15) is 0 Å². The van der Waals surface area contributed by atoms with Crippen LogP contribution in [0.5, 0.6) is 0 Å². The Balaban J connectivity index is 2.47. The van der Waals surface area contributed by atoms with E-state index in [9.17, 15) is 4.79 Å². The average molecular weight is 213 g/mol. The van der Waals surface area contributed by atoms with Crippen molar-refractivity contribution in [1.82, 2.24) is 5.32 Å². The molecular weight excluding hydrogens is 190 g/mol. The van der Waals surface area contributed by atoms with E-state index in [-0.39, 0.29) is 5.91 Å². The van der Waals surface area contributed by atoms with E-state index >= 15 is 0 Å². The summed E-state index contributed by atoms with van der Waals surface area (Å²) in [4.78, 5) is 11.8. The third kappa shape index (κ3) is 3.20. The Morgan fingerprint density at radius 1 is 1.47 bits per heavy atom. The maximum absolute atomic E-state index is 11.8. The second kappa shape index (κ2) is 4.12. The molecule has 0 aromatic rings. The van der Waals surface area contributed by atoms with Gasteiger partial charge in [-0.3, -0.25) is 4.79 Å². The molecule has 0 aliphatic heterocycles. The normalized spacial score (nSPS) is 25.3. The molecule has 0 saturated heterocycles. The first kappa shape index (κ1) is 12.5. The van der Waals surface area contributed by atoms with Gasteiger partial charge in [0, 0.05) is 13.2 Å². The van der Waals surface area contributed by atoms with Gasteiger partial charge in [0.1, 0.15) is 5.60 Å². The topological polar surface area (TPSA) is 38.3 Å². The van der Waals surface area contributed by atoms with Gasteiger partial charge in [0.15, 0.2) is 0 Å². The minimum atomic E-state index is -0.716. The zero-order valence-corrected chi connectivity index (χ0v) is 10.5. The van der Waals surface area contributed by atoms with E-state index < -0.39 is 5.60 Å². The van der Waals surface area contributed by atoms with E-state index in [1.54, 1.807) is 21.0 Å². The predicted molar refractivity (Wildman–Crippen MR) is 60.7 cm³/mol. The van der Waals surface area contributed by atoms with Gasteiger partial charge in [-0.25, -0.2) is 0 Å². The molecule has 1 N–H and O–H groups in total. The van der Waals surface area contributed by atoms with Crippen LogP contribution in [-0.2, 0) is 9.53 Å². The fraction of sp³-hybridized carbons (Fsp3) is 0.917. The van der Waals surface area contributed by atoms with Crippen LogP contribution in [0.3, 0.4) is 0 Å². The lowest BCUT2D eigenvalue weighted by molar-refractivity contribution is -0.140. The fourth-order valence-corrected chi connectivity index (χ4v) is 2.01. The van der Waals surface area contributed by atoms with Gasteiger partial charge in [0.2, 0.25) is 0 Å². The Hall–Kier alpha value is -0.570. The first-order chi connectivity index (χ1) is 6.77. The quantitative estimate of drug-likeness (QED) is 0.779. The monoisotopic (exact) mass is 213 g/mol. The van der Waals surface area contributed by atoms with Crippen molar-refractivity contribution in [3.63, 3.8) is 0 Å². The van der Waals surface area contributed by atoms with Crippen molar-refractivity contribution in [1.29, 1.82) is 0 Å². The summed E-state index contributed by atoms with van der Waals surface area (Å²) in [6, 6.07) is 0.321. The Kier molecular flexibility index (Phi) is 3.44. The largest absolute Gasteiger partial charge is 0.369 e. The molecule has 1 amide bonds. The minimum absolute atomic E-state index is 0.00676. The summed E-state index contributed by atoms with van der Waals surface area (Å²) in [6.45, 7) is 8.09. The summed E-state index contributed by atoms with van der Waals surface area (Å²) in [5, 5.41) is 3.06. The summed E-state index contributed by atoms with van der Waals surface area (Å²) in [5.74, 6) is -0.00676. The van der Waals surface area contributed by atoms with Gasteiger partial charge in [-0.05, 0) is 38.5 Å². The smallest absolute Gasteiger partial charge is 0.251 e. The van der Waals surface area contributed by atoms with E-state index in [2.05, 4.69) is 19.2 Å². The van der Waals surface area contributed by atoms with E-state index in [0.29, 0.717) is 11.5 Å². The third-order valence-electron chi connectivity index (χ3n) is 3.36. The molecule has 1 rings (SSSR count). The molecule has 1 unspecified atom stereocenters. The SMILES string of the molecule is COC(C)(C)C(=O)NC1CCC(C)(C)C1. The van der Waals surface area contributed by atoms with Gasteiger partial charge < -0.3 is 10.1 Å². The van der Waals surface area contributed by atoms with Crippen LogP contribution in [0.25, 0.3) is 0 Å². The zero-order valence-electron chi connectivity index (χ0n) is 10.5. The van der Waals surface area contributed by atoms with Gasteiger partial charge >= 0.3 is 0 Å². The van der Waals surface area contributed by atoms with E-state index in [1.165, 1.54) is 6.42 Å². The molecule has 1 aliphatic carbocycles. The summed E-state index contributed by atoms with van der Waals surface area (Å²) < 4.78 is 5.15. The molecule has 1 fully saturated rings. The van der Waals surface area contributed by atoms with Gasteiger partial charge in [-0.15, -0.1) is 0 Å². The molecule has 0 bridgehead atoms. The van der Waals surface area contributed by atoms with E-state index in [0.717, 1.165) is 12.8 Å². The van der Waals surface area contributed by atoms with E-state index in [1.807, 2.05) is 0 Å². The molecule has 0 heterocycles. The molecular formula is C12H23NO2. The number of rotatable bonds is 3. The maximum atomic E-state index is 11.8. The Morgan fingerprint density at radius 2 is 2.07 bits per heavy atom. The highest BCUT2D eigenvalue weighted by Gasteiger charge is 2.35. The summed E-state index contributed by atoms with van der Waals surface area (Å²) in [5.41, 5.74) is -0.345. The van der Waals surface area contributed by atoms with Gasteiger partial charge in [0.25, 0.3) is 5.91 Å². The highest BCUT2D eigenvalue weighted by Crippen LogP contribution is 2.37. The number of ether oxygens (including phenoxy) is 1. The summed E-state index contributed by atoms with van der Waals surface area (Å²) in [6.07, 6.45) is 3.34. The number of carbonyl (C=O) groups excluding carboxylic acids is 1. The molecule has 3 nitrogen and oxygen atoms in total. The molecule has 0 aromatic carbocycles. The zero-order chi connectivity index (χ0) is 11.7. The van der Waals surface area contributed by atoms with Crippen molar-refractivity contribution in [3.8, 4) is 0 Å². The Labute approximate surface area is 92.6 Å². The lowest BCUT2D eigenvalue weighted by atomic mass is 9.92. The Morgan fingerprint density at radius 3 is 2.47 bits per heavy atom. The van der Waals surface area contributed by atoms with Crippen LogP contribution in [0.2, 0.25) is 0 Å². The van der Waals surface area contributed by atoms with Gasteiger partial charge in [-0.1, -0.05) is 13.8 Å². The summed E-state index contributed by atoms with van der Waals surface area (Å²) >= 11 is 0. The molecule has 15 heavy (non-hydrogen) atoms. The fourth-order valence-electron chi connectivity index (χ4n) is 2.01. The molecule has 0 radical (unpaired) electrons. The number of hydrogen-bond donors (Lipinski definition) is 1. The molecule has 1 atom stereocenters. The molecule has 0 aromatic heterocycles. The first-order valence-electron chi connectivity index (χ1n) is 5.63. The highest BCUT2D eigenvalue weighted by atomic mass is 16.5. The standard InChI is InChI=1S/C12H23NO2/c1-11(2)7-6-9(8-11)13-10(14)12(3,4)15-5/h9H,6-8H2,1-5H3,(H,13,14). The first-order valence-corrected chi connectivity index (χ1v) is 5.63. The second-order valence-electron chi connectivity index (χ2n) is 5.79. The number of amides is 1. The molecule has 1 saturated carbocycles. The van der Waals surface area contributed by atoms with Crippen molar-refractivity contribution in [2.75, 3.05) is 7.11 Å². The van der Waals surface area contributed by atoms with Crippen LogP contribution in [-0.4, -0.2) is 24.7 Å². The summed E-state index contributed by atoms with van der Waals surface area (Å²) in [7, 11) is 1.57. The van der Waals surface area contributed by atoms with Crippen LogP contribution in [0.4, 0.5) is 0 Å². The lowest BCUT2D eigenvalue weighted by Gasteiger charge is -2.25. The van der Waals surface area contributed by atoms with Gasteiger partial charge in [0.05, 0.1) is 0 Å². The number of nitrogens with one attached hydrogen (secondary N) is 1. The van der Waals surface area contributed by atoms with Crippen LogP contribution in [0.1, 0.15) is 47.0 Å². The Bertz CT molecular complexity index is 246. The van der Waals surface area contributed by atoms with Crippen LogP contribution in [0, 0.1) is 5.41 Å². The van der Waals surface area contributed by atoms with Crippen LogP contribution >= 0.6 is 0 Å². The average Bonchev–Trinajstić information content (AvgIpc) is 2.45. The molecule has 1 aliphatic rings. The lowest BCUT2D eigenvalue weighted by Crippen LogP contribution is -2.47. The minimum Gasteiger partial charge on any atom is -0.369 e. The molecule has 3 heteroatoms. The number of hydrogen-bond acceptors (Lipinski definition) is 2. The van der Waals surface area contributed by atoms with Crippen molar-refractivity contribution in [2.24, 2.45) is 5.41 Å². The second-order valence-corrected chi connectivity index (χ2v) is 5.79. The van der Waals surface area contributed by atoms with Crippen molar-refractivity contribution in [2.45, 2.75) is 58.6 Å². The van der Waals surface area contributed by atoms with Crippen molar-refractivity contribution < 1.29 is 9.53 Å². The molecule has 88 valence electrons. The molecule has 0 spiro atoms. The number of methoxy groups -OCH3 is 1. The van der Waals surface area contributed by atoms with E-state index in [4.69, 9.17) is 4.74 Å². The third-order valence-corrected chi connectivity index (χ3v) is 3.36. The number of carbonyl (C=O) groups is 1.